The summed E-state index contributed by atoms with van der Waals surface area (Å²) in [5.74, 6) is 5.31. The maximum atomic E-state index is 11.8. The maximum absolute atomic E-state index is 11.8. The summed E-state index contributed by atoms with van der Waals surface area (Å²) in [6.07, 6.45) is 0.399. The van der Waals surface area contributed by atoms with E-state index in [2.05, 4.69) is 11.8 Å². The molecule has 0 aliphatic heterocycles. The summed E-state index contributed by atoms with van der Waals surface area (Å²) in [4.78, 5) is 11.8. The van der Waals surface area contributed by atoms with Crippen molar-refractivity contribution in [3.05, 3.63) is 35.4 Å². The van der Waals surface area contributed by atoms with Crippen LogP contribution in [-0.4, -0.2) is 12.1 Å². The second kappa shape index (κ2) is 5.97. The fourth-order valence-electron chi connectivity index (χ4n) is 1.35. The predicted octanol–water partition coefficient (Wildman–Crippen LogP) is 2.95. The van der Waals surface area contributed by atoms with Crippen LogP contribution >= 0.6 is 0 Å². The van der Waals surface area contributed by atoms with Crippen LogP contribution in [0.2, 0.25) is 0 Å². The number of carbonyl (C=O) groups is 1. The van der Waals surface area contributed by atoms with Crippen LogP contribution in [0.1, 0.15) is 36.2 Å². The fourth-order valence-corrected chi connectivity index (χ4v) is 1.35. The number of rotatable bonds is 3. The van der Waals surface area contributed by atoms with Gasteiger partial charge < -0.3 is 4.74 Å². The van der Waals surface area contributed by atoms with Crippen molar-refractivity contribution in [2.45, 2.75) is 33.3 Å². The molecule has 16 heavy (non-hydrogen) atoms. The summed E-state index contributed by atoms with van der Waals surface area (Å²) in [7, 11) is 0. The van der Waals surface area contributed by atoms with Crippen LogP contribution in [0.15, 0.2) is 24.3 Å². The molecular formula is C14H16O2. The number of carbonyl (C=O) groups excluding carboxylic acids is 1. The molecule has 0 fully saturated rings. The highest BCUT2D eigenvalue weighted by Crippen LogP contribution is 2.08. The van der Waals surface area contributed by atoms with Crippen molar-refractivity contribution in [1.29, 1.82) is 0 Å². The van der Waals surface area contributed by atoms with Gasteiger partial charge in [-0.25, -0.2) is 4.79 Å². The van der Waals surface area contributed by atoms with Gasteiger partial charge in [-0.2, -0.15) is 0 Å². The van der Waals surface area contributed by atoms with E-state index in [1.807, 2.05) is 32.0 Å². The first-order valence-electron chi connectivity index (χ1n) is 5.37. The molecule has 0 N–H and O–H groups in total. The molecular weight excluding hydrogens is 200 g/mol. The fraction of sp³-hybridized carbons (Fsp3) is 0.357. The van der Waals surface area contributed by atoms with Crippen LogP contribution in [0.4, 0.5) is 0 Å². The normalized spacial score (nSPS) is 11.2. The molecule has 84 valence electrons. The quantitative estimate of drug-likeness (QED) is 0.573. The molecule has 1 rings (SSSR count). The van der Waals surface area contributed by atoms with E-state index in [9.17, 15) is 4.79 Å². The van der Waals surface area contributed by atoms with Gasteiger partial charge in [0.1, 0.15) is 0 Å². The Kier molecular flexibility index (Phi) is 4.60. The summed E-state index contributed by atoms with van der Waals surface area (Å²) in [6, 6.07) is 7.36. The third-order valence-electron chi connectivity index (χ3n) is 2.18. The monoisotopic (exact) mass is 216 g/mol. The van der Waals surface area contributed by atoms with Crippen LogP contribution in [0.3, 0.4) is 0 Å². The lowest BCUT2D eigenvalue weighted by Gasteiger charge is -2.10. The SMILES string of the molecule is CC#CC(CC)OC(=O)c1cccc(C)c1. The second-order valence-electron chi connectivity index (χ2n) is 3.57. The van der Waals surface area contributed by atoms with Gasteiger partial charge in [-0.3, -0.25) is 0 Å². The van der Waals surface area contributed by atoms with Gasteiger partial charge >= 0.3 is 5.97 Å². The first kappa shape index (κ1) is 12.3. The molecule has 0 aliphatic rings. The van der Waals surface area contributed by atoms with E-state index in [0.717, 1.165) is 5.56 Å². The van der Waals surface area contributed by atoms with Gasteiger partial charge in [-0.05, 0) is 32.4 Å². The summed E-state index contributed by atoms with van der Waals surface area (Å²) >= 11 is 0. The summed E-state index contributed by atoms with van der Waals surface area (Å²) < 4.78 is 5.27. The van der Waals surface area contributed by atoms with E-state index < -0.39 is 0 Å². The van der Waals surface area contributed by atoms with E-state index in [-0.39, 0.29) is 12.1 Å². The van der Waals surface area contributed by atoms with Gasteiger partial charge in [-0.1, -0.05) is 30.5 Å². The zero-order valence-electron chi connectivity index (χ0n) is 9.91. The molecule has 0 bridgehead atoms. The first-order valence-corrected chi connectivity index (χ1v) is 5.37. The Balaban J connectivity index is 2.74. The lowest BCUT2D eigenvalue weighted by molar-refractivity contribution is 0.0404. The van der Waals surface area contributed by atoms with Crippen molar-refractivity contribution in [3.63, 3.8) is 0 Å². The van der Waals surface area contributed by atoms with Crippen molar-refractivity contribution in [3.8, 4) is 11.8 Å². The van der Waals surface area contributed by atoms with Gasteiger partial charge in [-0.15, -0.1) is 5.92 Å². The van der Waals surface area contributed by atoms with E-state index >= 15 is 0 Å². The summed E-state index contributed by atoms with van der Waals surface area (Å²) in [5.41, 5.74) is 1.63. The Morgan fingerprint density at radius 1 is 1.50 bits per heavy atom. The minimum atomic E-state index is -0.307. The van der Waals surface area contributed by atoms with E-state index in [4.69, 9.17) is 4.74 Å². The van der Waals surface area contributed by atoms with Crippen LogP contribution < -0.4 is 0 Å². The van der Waals surface area contributed by atoms with E-state index in [1.54, 1.807) is 13.0 Å². The number of esters is 1. The van der Waals surface area contributed by atoms with Crippen LogP contribution in [0.25, 0.3) is 0 Å². The largest absolute Gasteiger partial charge is 0.446 e. The molecule has 0 amide bonds. The molecule has 0 aromatic heterocycles. The minimum absolute atomic E-state index is 0.307. The number of aryl methyl sites for hydroxylation is 1. The van der Waals surface area contributed by atoms with E-state index in [1.165, 1.54) is 0 Å². The molecule has 1 aromatic carbocycles. The summed E-state index contributed by atoms with van der Waals surface area (Å²) in [6.45, 7) is 5.63. The molecule has 0 saturated carbocycles. The number of benzene rings is 1. The smallest absolute Gasteiger partial charge is 0.339 e. The lowest BCUT2D eigenvalue weighted by Crippen LogP contribution is -2.15. The first-order chi connectivity index (χ1) is 7.67. The molecule has 0 heterocycles. The summed E-state index contributed by atoms with van der Waals surface area (Å²) in [5, 5.41) is 0. The minimum Gasteiger partial charge on any atom is -0.446 e. The third kappa shape index (κ3) is 3.43. The molecule has 0 aliphatic carbocycles. The second-order valence-corrected chi connectivity index (χ2v) is 3.57. The highest BCUT2D eigenvalue weighted by Gasteiger charge is 2.11. The van der Waals surface area contributed by atoms with Crippen molar-refractivity contribution >= 4 is 5.97 Å². The van der Waals surface area contributed by atoms with Gasteiger partial charge in [0.25, 0.3) is 0 Å². The van der Waals surface area contributed by atoms with Crippen molar-refractivity contribution in [2.75, 3.05) is 0 Å². The van der Waals surface area contributed by atoms with Crippen LogP contribution in [-0.2, 0) is 4.74 Å². The Bertz CT molecular complexity index is 424. The zero-order chi connectivity index (χ0) is 12.0. The Hall–Kier alpha value is -1.75. The Morgan fingerprint density at radius 2 is 2.25 bits per heavy atom. The molecule has 0 radical (unpaired) electrons. The van der Waals surface area contributed by atoms with Crippen molar-refractivity contribution < 1.29 is 9.53 Å². The topological polar surface area (TPSA) is 26.3 Å². The average Bonchev–Trinajstić information content (AvgIpc) is 2.28. The van der Waals surface area contributed by atoms with Crippen LogP contribution in [0.5, 0.6) is 0 Å². The lowest BCUT2D eigenvalue weighted by atomic mass is 10.1. The highest BCUT2D eigenvalue weighted by molar-refractivity contribution is 5.89. The van der Waals surface area contributed by atoms with Gasteiger partial charge in [0.05, 0.1) is 5.56 Å². The molecule has 0 saturated heterocycles. The Morgan fingerprint density at radius 3 is 2.81 bits per heavy atom. The molecule has 1 aromatic rings. The molecule has 0 spiro atoms. The number of ether oxygens (including phenoxy) is 1. The van der Waals surface area contributed by atoms with Gasteiger partial charge in [0, 0.05) is 0 Å². The number of hydrogen-bond acceptors (Lipinski definition) is 2. The van der Waals surface area contributed by atoms with E-state index in [0.29, 0.717) is 12.0 Å². The molecule has 1 atom stereocenters. The molecule has 1 unspecified atom stereocenters. The average molecular weight is 216 g/mol. The maximum Gasteiger partial charge on any atom is 0.339 e. The van der Waals surface area contributed by atoms with Crippen molar-refractivity contribution in [2.24, 2.45) is 0 Å². The molecule has 2 nitrogen and oxygen atoms in total. The zero-order valence-corrected chi connectivity index (χ0v) is 9.91. The van der Waals surface area contributed by atoms with Gasteiger partial charge in [0.2, 0.25) is 0 Å². The number of hydrogen-bond donors (Lipinski definition) is 0. The third-order valence-corrected chi connectivity index (χ3v) is 2.18. The standard InChI is InChI=1S/C14H16O2/c1-4-7-13(5-2)16-14(15)12-9-6-8-11(3)10-12/h6,8-10,13H,5H2,1-3H3. The van der Waals surface area contributed by atoms with Gasteiger partial charge in [0.15, 0.2) is 6.10 Å². The molecule has 2 heteroatoms. The predicted molar refractivity (Wildman–Crippen MR) is 64.1 cm³/mol. The van der Waals surface area contributed by atoms with Crippen molar-refractivity contribution in [1.82, 2.24) is 0 Å². The van der Waals surface area contributed by atoms with Crippen LogP contribution in [0, 0.1) is 18.8 Å². The Labute approximate surface area is 96.6 Å². The highest BCUT2D eigenvalue weighted by atomic mass is 16.5.